The average molecular weight is 281 g/mol. The van der Waals surface area contributed by atoms with Crippen molar-refractivity contribution in [2.45, 2.75) is 13.0 Å². The highest BCUT2D eigenvalue weighted by molar-refractivity contribution is 6.31. The number of phenols is 1. The van der Waals surface area contributed by atoms with E-state index in [0.717, 1.165) is 0 Å². The van der Waals surface area contributed by atoms with E-state index < -0.39 is 0 Å². The lowest BCUT2D eigenvalue weighted by Crippen LogP contribution is -2.29. The van der Waals surface area contributed by atoms with Gasteiger partial charge >= 0.3 is 0 Å². The van der Waals surface area contributed by atoms with E-state index in [-0.39, 0.29) is 23.3 Å². The Bertz CT molecular complexity index is 584. The minimum absolute atomic E-state index is 0.103. The van der Waals surface area contributed by atoms with Crippen LogP contribution >= 0.6 is 11.6 Å². The predicted octanol–water partition coefficient (Wildman–Crippen LogP) is 2.87. The highest BCUT2D eigenvalue weighted by Crippen LogP contribution is 2.26. The highest BCUT2D eigenvalue weighted by atomic mass is 35.5. The standard InChI is InChI=1S/C13H13ClN2O3/c1-8(11-5-6-19-15-11)16(2)13(18)10-7-9(14)3-4-12(10)17/h3-8,17H,1-2H3/t8-/m1/s1. The first-order valence-corrected chi connectivity index (χ1v) is 6.04. The third-order valence-corrected chi connectivity index (χ3v) is 3.21. The van der Waals surface area contributed by atoms with Gasteiger partial charge in [0.2, 0.25) is 0 Å². The number of amides is 1. The molecular weight excluding hydrogens is 268 g/mol. The van der Waals surface area contributed by atoms with Gasteiger partial charge in [0, 0.05) is 18.1 Å². The molecule has 6 heteroatoms. The molecule has 0 radical (unpaired) electrons. The zero-order valence-electron chi connectivity index (χ0n) is 10.5. The summed E-state index contributed by atoms with van der Waals surface area (Å²) in [5, 5.41) is 13.9. The first kappa shape index (κ1) is 13.4. The number of hydrogen-bond donors (Lipinski definition) is 1. The van der Waals surface area contributed by atoms with Crippen LogP contribution in [0.1, 0.15) is 29.0 Å². The molecule has 0 unspecified atom stereocenters. The van der Waals surface area contributed by atoms with Crippen LogP contribution in [0.15, 0.2) is 35.1 Å². The van der Waals surface area contributed by atoms with E-state index in [4.69, 9.17) is 16.1 Å². The topological polar surface area (TPSA) is 66.6 Å². The van der Waals surface area contributed by atoms with Crippen molar-refractivity contribution in [1.29, 1.82) is 0 Å². The van der Waals surface area contributed by atoms with Crippen molar-refractivity contribution in [3.8, 4) is 5.75 Å². The van der Waals surface area contributed by atoms with E-state index in [1.54, 1.807) is 13.1 Å². The molecule has 0 spiro atoms. The summed E-state index contributed by atoms with van der Waals surface area (Å²) in [6, 6.07) is 5.76. The van der Waals surface area contributed by atoms with Crippen LogP contribution in [0.2, 0.25) is 5.02 Å². The molecule has 0 saturated heterocycles. The summed E-state index contributed by atoms with van der Waals surface area (Å²) in [5.41, 5.74) is 0.794. The van der Waals surface area contributed by atoms with Crippen molar-refractivity contribution in [1.82, 2.24) is 10.1 Å². The molecule has 2 aromatic rings. The van der Waals surface area contributed by atoms with Crippen molar-refractivity contribution in [2.24, 2.45) is 0 Å². The first-order chi connectivity index (χ1) is 9.00. The second-order valence-electron chi connectivity index (χ2n) is 4.18. The summed E-state index contributed by atoms with van der Waals surface area (Å²) >= 11 is 5.84. The Hall–Kier alpha value is -2.01. The van der Waals surface area contributed by atoms with Gasteiger partial charge in [-0.2, -0.15) is 0 Å². The second kappa shape index (κ2) is 5.32. The quantitative estimate of drug-likeness (QED) is 0.939. The molecule has 0 aliphatic carbocycles. The maximum absolute atomic E-state index is 12.3. The molecule has 2 rings (SSSR count). The van der Waals surface area contributed by atoms with Gasteiger partial charge in [0.15, 0.2) is 0 Å². The van der Waals surface area contributed by atoms with Crippen LogP contribution < -0.4 is 0 Å². The van der Waals surface area contributed by atoms with Gasteiger partial charge in [-0.3, -0.25) is 4.79 Å². The van der Waals surface area contributed by atoms with Crippen LogP contribution in [0.3, 0.4) is 0 Å². The minimum atomic E-state index is -0.337. The fourth-order valence-corrected chi connectivity index (χ4v) is 1.85. The van der Waals surface area contributed by atoms with Gasteiger partial charge in [0.25, 0.3) is 5.91 Å². The van der Waals surface area contributed by atoms with Crippen molar-refractivity contribution in [3.05, 3.63) is 46.8 Å². The van der Waals surface area contributed by atoms with Crippen LogP contribution in [0.4, 0.5) is 0 Å². The fourth-order valence-electron chi connectivity index (χ4n) is 1.68. The molecule has 0 aliphatic heterocycles. The van der Waals surface area contributed by atoms with E-state index in [9.17, 15) is 9.90 Å². The van der Waals surface area contributed by atoms with Crippen molar-refractivity contribution in [2.75, 3.05) is 7.05 Å². The maximum atomic E-state index is 12.3. The Kier molecular flexibility index (Phi) is 3.76. The Balaban J connectivity index is 2.26. The third-order valence-electron chi connectivity index (χ3n) is 2.98. The monoisotopic (exact) mass is 280 g/mol. The smallest absolute Gasteiger partial charge is 0.257 e. The number of rotatable bonds is 3. The number of hydrogen-bond acceptors (Lipinski definition) is 4. The minimum Gasteiger partial charge on any atom is -0.507 e. The molecule has 1 heterocycles. The van der Waals surface area contributed by atoms with Gasteiger partial charge < -0.3 is 14.5 Å². The molecule has 100 valence electrons. The molecule has 0 bridgehead atoms. The molecule has 0 fully saturated rings. The SMILES string of the molecule is C[C@H](c1ccon1)N(C)C(=O)c1cc(Cl)ccc1O. The Morgan fingerprint density at radius 3 is 2.84 bits per heavy atom. The number of nitrogens with zero attached hydrogens (tertiary/aromatic N) is 2. The average Bonchev–Trinajstić information content (AvgIpc) is 2.93. The zero-order valence-corrected chi connectivity index (χ0v) is 11.3. The van der Waals surface area contributed by atoms with E-state index in [0.29, 0.717) is 10.7 Å². The van der Waals surface area contributed by atoms with Crippen LogP contribution in [0.5, 0.6) is 5.75 Å². The lowest BCUT2D eigenvalue weighted by Gasteiger charge is -2.23. The number of aromatic hydroxyl groups is 1. The number of benzene rings is 1. The molecule has 1 aromatic heterocycles. The van der Waals surface area contributed by atoms with Crippen LogP contribution in [0.25, 0.3) is 0 Å². The van der Waals surface area contributed by atoms with Gasteiger partial charge in [-0.05, 0) is 25.1 Å². The van der Waals surface area contributed by atoms with E-state index >= 15 is 0 Å². The molecule has 0 saturated carbocycles. The number of halogens is 1. The van der Waals surface area contributed by atoms with E-state index in [2.05, 4.69) is 5.16 Å². The Labute approximate surface area is 115 Å². The Morgan fingerprint density at radius 2 is 2.21 bits per heavy atom. The fraction of sp³-hybridized carbons (Fsp3) is 0.231. The molecule has 1 amide bonds. The first-order valence-electron chi connectivity index (χ1n) is 5.66. The summed E-state index contributed by atoms with van der Waals surface area (Å²) in [5.74, 6) is -0.441. The van der Waals surface area contributed by atoms with Gasteiger partial charge in [0.05, 0.1) is 11.6 Å². The van der Waals surface area contributed by atoms with E-state index in [1.807, 2.05) is 6.92 Å². The molecule has 5 nitrogen and oxygen atoms in total. The summed E-state index contributed by atoms with van der Waals surface area (Å²) in [6.45, 7) is 1.82. The molecule has 1 atom stereocenters. The third kappa shape index (κ3) is 2.71. The van der Waals surface area contributed by atoms with E-state index in [1.165, 1.54) is 29.4 Å². The van der Waals surface area contributed by atoms with Gasteiger partial charge in [0.1, 0.15) is 17.7 Å². The van der Waals surface area contributed by atoms with Gasteiger partial charge in [-0.25, -0.2) is 0 Å². The summed E-state index contributed by atoms with van der Waals surface area (Å²) < 4.78 is 4.76. The maximum Gasteiger partial charge on any atom is 0.257 e. The van der Waals surface area contributed by atoms with Gasteiger partial charge in [-0.1, -0.05) is 16.8 Å². The normalized spacial score (nSPS) is 12.2. The Morgan fingerprint density at radius 1 is 1.47 bits per heavy atom. The van der Waals surface area contributed by atoms with Gasteiger partial charge in [-0.15, -0.1) is 0 Å². The summed E-state index contributed by atoms with van der Waals surface area (Å²) in [6.07, 6.45) is 1.45. The lowest BCUT2D eigenvalue weighted by atomic mass is 10.1. The van der Waals surface area contributed by atoms with Crippen molar-refractivity contribution < 1.29 is 14.4 Å². The second-order valence-corrected chi connectivity index (χ2v) is 4.61. The number of aromatic nitrogens is 1. The van der Waals surface area contributed by atoms with Crippen LogP contribution in [-0.2, 0) is 0 Å². The van der Waals surface area contributed by atoms with Crippen LogP contribution in [-0.4, -0.2) is 28.1 Å². The number of carbonyl (C=O) groups excluding carboxylic acids is 1. The molecule has 1 N–H and O–H groups in total. The molecular formula is C13H13ClN2O3. The predicted molar refractivity (Wildman–Crippen MR) is 70.1 cm³/mol. The zero-order chi connectivity index (χ0) is 14.0. The molecule has 1 aromatic carbocycles. The lowest BCUT2D eigenvalue weighted by molar-refractivity contribution is 0.0734. The van der Waals surface area contributed by atoms with Crippen LogP contribution in [0, 0.1) is 0 Å². The highest BCUT2D eigenvalue weighted by Gasteiger charge is 2.23. The number of phenolic OH excluding ortho intramolecular Hbond substituents is 1. The number of carbonyl (C=O) groups is 1. The largest absolute Gasteiger partial charge is 0.507 e. The molecule has 0 aliphatic rings. The summed E-state index contributed by atoms with van der Waals surface area (Å²) in [7, 11) is 1.63. The molecule has 19 heavy (non-hydrogen) atoms. The van der Waals surface area contributed by atoms with Crippen molar-refractivity contribution in [3.63, 3.8) is 0 Å². The van der Waals surface area contributed by atoms with Crippen molar-refractivity contribution >= 4 is 17.5 Å². The summed E-state index contributed by atoms with van der Waals surface area (Å²) in [4.78, 5) is 13.8.